The average Bonchev–Trinajstić information content (AvgIpc) is 3.13. The molecule has 1 rings (SSSR count). The van der Waals surface area contributed by atoms with Crippen LogP contribution < -0.4 is 0 Å². The van der Waals surface area contributed by atoms with Crippen molar-refractivity contribution in [2.75, 3.05) is 27.2 Å². The number of carbonyl (C=O) groups excluding carboxylic acids is 3. The number of allylic oxidation sites excluding steroid dienone is 2. The number of ether oxygens (including phenoxy) is 4. The van der Waals surface area contributed by atoms with Gasteiger partial charge in [0.25, 0.3) is 0 Å². The van der Waals surface area contributed by atoms with E-state index in [1.54, 1.807) is 0 Å². The zero-order valence-electron chi connectivity index (χ0n) is 34.8. The van der Waals surface area contributed by atoms with E-state index in [0.717, 1.165) is 116 Å². The number of hydrogen-bond acceptors (Lipinski definition) is 8. The third-order valence-electron chi connectivity index (χ3n) is 10.0. The Morgan fingerprint density at radius 1 is 0.642 bits per heavy atom. The Morgan fingerprint density at radius 3 is 1.58 bits per heavy atom. The smallest absolute Gasteiger partial charge is 0.462 e. The summed E-state index contributed by atoms with van der Waals surface area (Å²) >= 11 is 0. The zero-order chi connectivity index (χ0) is 38.6. The fourth-order valence-corrected chi connectivity index (χ4v) is 6.77. The molecular formula is C45H81NO7. The number of hydrogen-bond donors (Lipinski definition) is 0. The van der Waals surface area contributed by atoms with Gasteiger partial charge >= 0.3 is 18.1 Å². The van der Waals surface area contributed by atoms with Crippen molar-refractivity contribution in [2.45, 2.75) is 218 Å². The van der Waals surface area contributed by atoms with Gasteiger partial charge in [0.15, 0.2) is 0 Å². The first-order valence-corrected chi connectivity index (χ1v) is 22.0. The molecule has 0 aliphatic carbocycles. The Morgan fingerprint density at radius 2 is 1.11 bits per heavy atom. The van der Waals surface area contributed by atoms with Crippen molar-refractivity contribution in [3.8, 4) is 0 Å². The van der Waals surface area contributed by atoms with Crippen LogP contribution in [0.2, 0.25) is 0 Å². The van der Waals surface area contributed by atoms with Gasteiger partial charge in [0, 0.05) is 19.4 Å². The minimum absolute atomic E-state index is 0.0699. The summed E-state index contributed by atoms with van der Waals surface area (Å²) in [6.45, 7) is 5.67. The Kier molecular flexibility index (Phi) is 32.5. The zero-order valence-corrected chi connectivity index (χ0v) is 34.8. The summed E-state index contributed by atoms with van der Waals surface area (Å²) in [6, 6.07) is 0. The van der Waals surface area contributed by atoms with E-state index in [9.17, 15) is 14.4 Å². The van der Waals surface area contributed by atoms with E-state index in [0.29, 0.717) is 19.4 Å². The van der Waals surface area contributed by atoms with Gasteiger partial charge in [-0.25, -0.2) is 4.79 Å². The second kappa shape index (κ2) is 35.4. The van der Waals surface area contributed by atoms with E-state index in [4.69, 9.17) is 18.9 Å². The Bertz CT molecular complexity index is 889. The van der Waals surface area contributed by atoms with Crippen molar-refractivity contribution in [1.82, 2.24) is 4.90 Å². The molecule has 0 aromatic rings. The van der Waals surface area contributed by atoms with E-state index in [1.807, 2.05) is 14.1 Å². The van der Waals surface area contributed by atoms with E-state index < -0.39 is 6.16 Å². The summed E-state index contributed by atoms with van der Waals surface area (Å²) in [5.74, 6) is -0.604. The molecule has 0 fully saturated rings. The predicted octanol–water partition coefficient (Wildman–Crippen LogP) is 12.4. The van der Waals surface area contributed by atoms with Gasteiger partial charge in [-0.2, -0.15) is 0 Å². The molecular weight excluding hydrogens is 666 g/mol. The molecule has 1 aliphatic rings. The standard InChI is InChI=1S/C45H81NO7/c1-5-7-9-23-30-40-32-25-19-15-11-13-17-21-27-34-42(53-45(49)50-39-29-38-46(3)4)35-28-22-18-14-12-16-20-26-33-41(31-24-10-8-6-2)52-44(48)37-36-43(47)51-40/h19-20,25-26,40-42H,5-18,21-24,27-39H2,1-4H3/b25-19-,26-20-/t40-,41-/m1/s1. The molecule has 0 bridgehead atoms. The van der Waals surface area contributed by atoms with Gasteiger partial charge in [0.05, 0.1) is 19.4 Å². The molecule has 8 nitrogen and oxygen atoms in total. The van der Waals surface area contributed by atoms with Gasteiger partial charge in [-0.3, -0.25) is 9.59 Å². The second-order valence-corrected chi connectivity index (χ2v) is 15.5. The van der Waals surface area contributed by atoms with Gasteiger partial charge in [-0.1, -0.05) is 115 Å². The topological polar surface area (TPSA) is 91.4 Å². The van der Waals surface area contributed by atoms with Gasteiger partial charge in [-0.05, 0) is 97.6 Å². The van der Waals surface area contributed by atoms with Crippen LogP contribution >= 0.6 is 0 Å². The molecule has 308 valence electrons. The SMILES string of the molecule is CCCCCC[C@@H]1C/C=C\CCCCCCCC(OC(=O)OCCCN(C)C)CCCCCCC/C=C\C[C@@H](CCCCCC)OC(=O)CCC(=O)O1. The first kappa shape index (κ1) is 48.7. The van der Waals surface area contributed by atoms with E-state index >= 15 is 0 Å². The summed E-state index contributed by atoms with van der Waals surface area (Å²) in [5.41, 5.74) is 0. The highest BCUT2D eigenvalue weighted by Crippen LogP contribution is 2.20. The molecule has 0 spiro atoms. The summed E-state index contributed by atoms with van der Waals surface area (Å²) in [4.78, 5) is 40.2. The highest BCUT2D eigenvalue weighted by molar-refractivity contribution is 5.77. The summed E-state index contributed by atoms with van der Waals surface area (Å²) < 4.78 is 23.0. The Labute approximate surface area is 325 Å². The fraction of sp³-hybridized carbons (Fsp3) is 0.844. The maximum atomic E-state index is 12.8. The lowest BCUT2D eigenvalue weighted by Gasteiger charge is -2.18. The van der Waals surface area contributed by atoms with Gasteiger partial charge in [0.1, 0.15) is 18.3 Å². The highest BCUT2D eigenvalue weighted by Gasteiger charge is 2.18. The Balaban J connectivity index is 2.79. The Hall–Kier alpha value is -2.35. The number of nitrogens with zero attached hydrogens (tertiary/aromatic N) is 1. The normalized spacial score (nSPS) is 22.1. The molecule has 0 radical (unpaired) electrons. The number of rotatable bonds is 15. The predicted molar refractivity (Wildman–Crippen MR) is 218 cm³/mol. The number of cyclic esters (lactones) is 2. The van der Waals surface area contributed by atoms with Crippen LogP contribution in [-0.2, 0) is 28.5 Å². The molecule has 0 amide bonds. The lowest BCUT2D eigenvalue weighted by atomic mass is 10.0. The highest BCUT2D eigenvalue weighted by atomic mass is 16.7. The fourth-order valence-electron chi connectivity index (χ4n) is 6.77. The van der Waals surface area contributed by atoms with Gasteiger partial charge < -0.3 is 23.8 Å². The van der Waals surface area contributed by atoms with Crippen LogP contribution in [0.25, 0.3) is 0 Å². The molecule has 0 aromatic carbocycles. The number of carbonyl (C=O) groups is 3. The van der Waals surface area contributed by atoms with Crippen LogP contribution in [0, 0.1) is 0 Å². The van der Waals surface area contributed by atoms with Gasteiger partial charge in [0.2, 0.25) is 0 Å². The molecule has 1 heterocycles. The molecule has 2 atom stereocenters. The second-order valence-electron chi connectivity index (χ2n) is 15.5. The first-order chi connectivity index (χ1) is 25.8. The third-order valence-corrected chi connectivity index (χ3v) is 10.0. The summed E-state index contributed by atoms with van der Waals surface area (Å²) in [7, 11) is 4.03. The van der Waals surface area contributed by atoms with Gasteiger partial charge in [-0.15, -0.1) is 0 Å². The van der Waals surface area contributed by atoms with Crippen molar-refractivity contribution >= 4 is 18.1 Å². The molecule has 1 aliphatic heterocycles. The van der Waals surface area contributed by atoms with Crippen LogP contribution in [-0.4, -0.2) is 68.6 Å². The van der Waals surface area contributed by atoms with Crippen molar-refractivity contribution in [3.05, 3.63) is 24.3 Å². The molecule has 8 heteroatoms. The largest absolute Gasteiger partial charge is 0.508 e. The molecule has 0 N–H and O–H groups in total. The van der Waals surface area contributed by atoms with Crippen molar-refractivity contribution in [1.29, 1.82) is 0 Å². The molecule has 0 unspecified atom stereocenters. The number of unbranched alkanes of at least 4 members (excludes halogenated alkanes) is 6. The number of esters is 2. The summed E-state index contributed by atoms with van der Waals surface area (Å²) in [6.07, 6.45) is 36.2. The average molecular weight is 748 g/mol. The van der Waals surface area contributed by atoms with Crippen LogP contribution in [0.3, 0.4) is 0 Å². The molecule has 0 saturated heterocycles. The van der Waals surface area contributed by atoms with E-state index in [-0.39, 0.29) is 43.1 Å². The monoisotopic (exact) mass is 748 g/mol. The quantitative estimate of drug-likeness (QED) is 0.0708. The van der Waals surface area contributed by atoms with Crippen LogP contribution in [0.1, 0.15) is 200 Å². The lowest BCUT2D eigenvalue weighted by Crippen LogP contribution is -2.21. The first-order valence-electron chi connectivity index (χ1n) is 22.0. The van der Waals surface area contributed by atoms with Crippen LogP contribution in [0.15, 0.2) is 24.3 Å². The molecule has 0 saturated carbocycles. The minimum atomic E-state index is -0.523. The third kappa shape index (κ3) is 31.7. The maximum absolute atomic E-state index is 12.8. The van der Waals surface area contributed by atoms with E-state index in [1.165, 1.54) is 51.4 Å². The van der Waals surface area contributed by atoms with E-state index in [2.05, 4.69) is 43.1 Å². The van der Waals surface area contributed by atoms with Crippen LogP contribution in [0.4, 0.5) is 4.79 Å². The molecule has 0 aromatic heterocycles. The lowest BCUT2D eigenvalue weighted by molar-refractivity contribution is -0.156. The summed E-state index contributed by atoms with van der Waals surface area (Å²) in [5, 5.41) is 0. The van der Waals surface area contributed by atoms with Crippen molar-refractivity contribution in [3.63, 3.8) is 0 Å². The molecule has 53 heavy (non-hydrogen) atoms. The minimum Gasteiger partial charge on any atom is -0.462 e. The van der Waals surface area contributed by atoms with Crippen molar-refractivity contribution in [2.24, 2.45) is 0 Å². The van der Waals surface area contributed by atoms with Crippen molar-refractivity contribution < 1.29 is 33.3 Å². The maximum Gasteiger partial charge on any atom is 0.508 e. The van der Waals surface area contributed by atoms with Crippen LogP contribution in [0.5, 0.6) is 0 Å².